The van der Waals surface area contributed by atoms with Crippen LogP contribution in [0.1, 0.15) is 25.5 Å². The van der Waals surface area contributed by atoms with E-state index in [0.29, 0.717) is 6.54 Å². The molecular weight excluding hydrogens is 266 g/mol. The molecule has 1 unspecified atom stereocenters. The number of amides is 1. The molecule has 0 radical (unpaired) electrons. The van der Waals surface area contributed by atoms with E-state index in [2.05, 4.69) is 4.90 Å². The number of nitrogens with zero attached hydrogens (tertiary/aromatic N) is 2. The summed E-state index contributed by atoms with van der Waals surface area (Å²) in [5, 5.41) is 0. The lowest BCUT2D eigenvalue weighted by Gasteiger charge is -2.48. The Kier molecular flexibility index (Phi) is 4.54. The molecule has 1 heterocycles. The Balaban J connectivity index is 2.34. The van der Waals surface area contributed by atoms with Gasteiger partial charge in [0.2, 0.25) is 5.91 Å². The standard InChI is InChI=1S/C16H25N3O2/c1-16(2)15(20)18(3)8-9-19(16)14(11-17)12-6-5-7-13(10-12)21-4/h5-7,10,14H,8-9,11,17H2,1-4H3. The molecule has 0 aromatic heterocycles. The second-order valence-corrected chi connectivity index (χ2v) is 6.01. The van der Waals surface area contributed by atoms with E-state index < -0.39 is 5.54 Å². The summed E-state index contributed by atoms with van der Waals surface area (Å²) >= 11 is 0. The summed E-state index contributed by atoms with van der Waals surface area (Å²) in [5.41, 5.74) is 6.55. The van der Waals surface area contributed by atoms with Crippen LogP contribution in [0.15, 0.2) is 24.3 Å². The fourth-order valence-electron chi connectivity index (χ4n) is 3.07. The first-order chi connectivity index (χ1) is 9.91. The first-order valence-electron chi connectivity index (χ1n) is 7.28. The first kappa shape index (κ1) is 15.8. The van der Waals surface area contributed by atoms with Crippen LogP contribution in [0.3, 0.4) is 0 Å². The van der Waals surface area contributed by atoms with E-state index in [1.54, 1.807) is 12.0 Å². The van der Waals surface area contributed by atoms with Crippen molar-refractivity contribution >= 4 is 5.91 Å². The number of nitrogens with two attached hydrogens (primary N) is 1. The van der Waals surface area contributed by atoms with Gasteiger partial charge >= 0.3 is 0 Å². The normalized spacial score (nSPS) is 20.4. The van der Waals surface area contributed by atoms with Gasteiger partial charge in [0.25, 0.3) is 0 Å². The second-order valence-electron chi connectivity index (χ2n) is 6.01. The summed E-state index contributed by atoms with van der Waals surface area (Å²) < 4.78 is 5.29. The van der Waals surface area contributed by atoms with Crippen LogP contribution < -0.4 is 10.5 Å². The molecule has 1 atom stereocenters. The Morgan fingerprint density at radius 2 is 2.10 bits per heavy atom. The molecule has 21 heavy (non-hydrogen) atoms. The summed E-state index contributed by atoms with van der Waals surface area (Å²) in [7, 11) is 3.50. The molecule has 5 nitrogen and oxygen atoms in total. The number of hydrogen-bond acceptors (Lipinski definition) is 4. The third-order valence-electron chi connectivity index (χ3n) is 4.34. The first-order valence-corrected chi connectivity index (χ1v) is 7.28. The van der Waals surface area contributed by atoms with Crippen molar-refractivity contribution in [1.29, 1.82) is 0 Å². The Morgan fingerprint density at radius 1 is 1.38 bits per heavy atom. The maximum atomic E-state index is 12.5. The van der Waals surface area contributed by atoms with Crippen molar-refractivity contribution in [3.63, 3.8) is 0 Å². The van der Waals surface area contributed by atoms with Gasteiger partial charge in [-0.25, -0.2) is 0 Å². The van der Waals surface area contributed by atoms with Crippen molar-refractivity contribution in [3.8, 4) is 5.75 Å². The molecule has 1 aliphatic rings. The van der Waals surface area contributed by atoms with E-state index in [-0.39, 0.29) is 11.9 Å². The van der Waals surface area contributed by atoms with Crippen LogP contribution in [-0.2, 0) is 4.79 Å². The molecule has 0 aliphatic carbocycles. The summed E-state index contributed by atoms with van der Waals surface area (Å²) in [6.45, 7) is 5.94. The largest absolute Gasteiger partial charge is 0.497 e. The van der Waals surface area contributed by atoms with Gasteiger partial charge in [-0.05, 0) is 31.5 Å². The fourth-order valence-corrected chi connectivity index (χ4v) is 3.07. The zero-order valence-corrected chi connectivity index (χ0v) is 13.3. The van der Waals surface area contributed by atoms with Crippen molar-refractivity contribution in [2.75, 3.05) is 33.8 Å². The molecule has 2 N–H and O–H groups in total. The highest BCUT2D eigenvalue weighted by atomic mass is 16.5. The lowest BCUT2D eigenvalue weighted by atomic mass is 9.92. The topological polar surface area (TPSA) is 58.8 Å². The van der Waals surface area contributed by atoms with Gasteiger partial charge in [0.1, 0.15) is 5.75 Å². The van der Waals surface area contributed by atoms with Crippen molar-refractivity contribution in [2.24, 2.45) is 5.73 Å². The number of rotatable bonds is 4. The summed E-state index contributed by atoms with van der Waals surface area (Å²) in [6, 6.07) is 7.92. The lowest BCUT2D eigenvalue weighted by molar-refractivity contribution is -0.149. The monoisotopic (exact) mass is 291 g/mol. The SMILES string of the molecule is COc1cccc(C(CN)N2CCN(C)C(=O)C2(C)C)c1. The highest BCUT2D eigenvalue weighted by Crippen LogP contribution is 2.32. The van der Waals surface area contributed by atoms with E-state index in [0.717, 1.165) is 24.4 Å². The molecule has 1 saturated heterocycles. The van der Waals surface area contributed by atoms with Gasteiger partial charge in [-0.3, -0.25) is 9.69 Å². The number of methoxy groups -OCH3 is 1. The lowest BCUT2D eigenvalue weighted by Crippen LogP contribution is -2.63. The Hall–Kier alpha value is -1.59. The molecule has 1 aliphatic heterocycles. The van der Waals surface area contributed by atoms with Crippen LogP contribution in [0.25, 0.3) is 0 Å². The van der Waals surface area contributed by atoms with E-state index in [1.165, 1.54) is 0 Å². The van der Waals surface area contributed by atoms with Crippen LogP contribution in [0.4, 0.5) is 0 Å². The molecule has 0 saturated carbocycles. The third kappa shape index (κ3) is 2.89. The number of likely N-dealkylation sites (N-methyl/N-ethyl adjacent to an activating group) is 1. The fraction of sp³-hybridized carbons (Fsp3) is 0.562. The molecule has 2 rings (SSSR count). The number of carbonyl (C=O) groups is 1. The minimum atomic E-state index is -0.555. The van der Waals surface area contributed by atoms with Crippen LogP contribution in [0.2, 0.25) is 0 Å². The minimum Gasteiger partial charge on any atom is -0.497 e. The Morgan fingerprint density at radius 3 is 2.71 bits per heavy atom. The van der Waals surface area contributed by atoms with Crippen molar-refractivity contribution < 1.29 is 9.53 Å². The summed E-state index contributed by atoms with van der Waals surface area (Å²) in [6.07, 6.45) is 0. The molecule has 1 aromatic carbocycles. The van der Waals surface area contributed by atoms with Gasteiger partial charge in [-0.2, -0.15) is 0 Å². The van der Waals surface area contributed by atoms with Crippen LogP contribution in [0, 0.1) is 0 Å². The van der Waals surface area contributed by atoms with Gasteiger partial charge in [0, 0.05) is 32.7 Å². The predicted molar refractivity (Wildman–Crippen MR) is 83.2 cm³/mol. The molecule has 0 spiro atoms. The Bertz CT molecular complexity index is 516. The molecular formula is C16H25N3O2. The summed E-state index contributed by atoms with van der Waals surface area (Å²) in [5.74, 6) is 0.944. The minimum absolute atomic E-state index is 0.00718. The smallest absolute Gasteiger partial charge is 0.242 e. The number of benzene rings is 1. The van der Waals surface area contributed by atoms with Gasteiger partial charge < -0.3 is 15.4 Å². The van der Waals surface area contributed by atoms with Crippen molar-refractivity contribution in [2.45, 2.75) is 25.4 Å². The van der Waals surface area contributed by atoms with Crippen LogP contribution >= 0.6 is 0 Å². The maximum absolute atomic E-state index is 12.5. The van der Waals surface area contributed by atoms with Crippen molar-refractivity contribution in [1.82, 2.24) is 9.80 Å². The summed E-state index contributed by atoms with van der Waals surface area (Å²) in [4.78, 5) is 16.4. The zero-order chi connectivity index (χ0) is 15.6. The van der Waals surface area contributed by atoms with Crippen LogP contribution in [0.5, 0.6) is 5.75 Å². The molecule has 5 heteroatoms. The van der Waals surface area contributed by atoms with Gasteiger partial charge in [-0.15, -0.1) is 0 Å². The van der Waals surface area contributed by atoms with Gasteiger partial charge in [0.05, 0.1) is 12.6 Å². The highest BCUT2D eigenvalue weighted by molar-refractivity contribution is 5.86. The van der Waals surface area contributed by atoms with Crippen LogP contribution in [-0.4, -0.2) is 55.0 Å². The zero-order valence-electron chi connectivity index (χ0n) is 13.3. The average molecular weight is 291 g/mol. The van der Waals surface area contributed by atoms with Gasteiger partial charge in [-0.1, -0.05) is 12.1 Å². The number of ether oxygens (including phenoxy) is 1. The third-order valence-corrected chi connectivity index (χ3v) is 4.34. The molecule has 1 aromatic rings. The number of piperazine rings is 1. The predicted octanol–water partition coefficient (Wildman–Crippen LogP) is 1.25. The maximum Gasteiger partial charge on any atom is 0.242 e. The Labute approximate surface area is 126 Å². The van der Waals surface area contributed by atoms with E-state index in [4.69, 9.17) is 10.5 Å². The quantitative estimate of drug-likeness (QED) is 0.907. The van der Waals surface area contributed by atoms with Crippen molar-refractivity contribution in [3.05, 3.63) is 29.8 Å². The second kappa shape index (κ2) is 6.03. The van der Waals surface area contributed by atoms with E-state index in [9.17, 15) is 4.79 Å². The molecule has 1 fully saturated rings. The number of carbonyl (C=O) groups excluding carboxylic acids is 1. The molecule has 0 bridgehead atoms. The highest BCUT2D eigenvalue weighted by Gasteiger charge is 2.43. The number of hydrogen-bond donors (Lipinski definition) is 1. The average Bonchev–Trinajstić information content (AvgIpc) is 2.48. The van der Waals surface area contributed by atoms with E-state index >= 15 is 0 Å². The van der Waals surface area contributed by atoms with Gasteiger partial charge in [0.15, 0.2) is 0 Å². The van der Waals surface area contributed by atoms with E-state index in [1.807, 2.05) is 45.2 Å². The molecule has 1 amide bonds. The molecule has 116 valence electrons.